The highest BCUT2D eigenvalue weighted by Crippen LogP contribution is 2.18. The average molecular weight is 224 g/mol. The minimum atomic E-state index is -0.703. The lowest BCUT2D eigenvalue weighted by Crippen LogP contribution is -2.32. The van der Waals surface area contributed by atoms with Gasteiger partial charge in [-0.15, -0.1) is 0 Å². The number of aromatic hydroxyl groups is 1. The number of hydrogen-bond acceptors (Lipinski definition) is 3. The Kier molecular flexibility index (Phi) is 2.78. The van der Waals surface area contributed by atoms with Gasteiger partial charge in [0.05, 0.1) is 5.56 Å². The number of amides is 1. The molecule has 0 saturated carbocycles. The van der Waals surface area contributed by atoms with Crippen LogP contribution in [0.3, 0.4) is 0 Å². The van der Waals surface area contributed by atoms with Crippen molar-refractivity contribution < 1.29 is 14.3 Å². The molecule has 1 aromatic rings. The third-order valence-electron chi connectivity index (χ3n) is 2.69. The van der Waals surface area contributed by atoms with Crippen LogP contribution in [0.5, 0.6) is 5.75 Å². The molecule has 1 atom stereocenters. The van der Waals surface area contributed by atoms with Crippen LogP contribution in [-0.4, -0.2) is 35.0 Å². The molecule has 0 spiro atoms. The predicted molar refractivity (Wildman–Crippen MR) is 56.6 cm³/mol. The van der Waals surface area contributed by atoms with Crippen molar-refractivity contribution in [1.29, 1.82) is 0 Å². The summed E-state index contributed by atoms with van der Waals surface area (Å²) in [5.41, 5.74) is 5.65. The number of benzene rings is 1. The number of nitrogens with zero attached hydrogens (tertiary/aromatic N) is 1. The molecule has 0 radical (unpaired) electrons. The van der Waals surface area contributed by atoms with Crippen molar-refractivity contribution in [3.8, 4) is 5.75 Å². The van der Waals surface area contributed by atoms with Crippen molar-refractivity contribution in [2.75, 3.05) is 13.1 Å². The lowest BCUT2D eigenvalue weighted by atomic mass is 10.2. The minimum Gasteiger partial charge on any atom is -0.508 e. The van der Waals surface area contributed by atoms with Crippen molar-refractivity contribution in [2.24, 2.45) is 5.73 Å². The van der Waals surface area contributed by atoms with Crippen LogP contribution in [0, 0.1) is 5.82 Å². The number of rotatable bonds is 1. The van der Waals surface area contributed by atoms with Gasteiger partial charge in [-0.3, -0.25) is 4.79 Å². The summed E-state index contributed by atoms with van der Waals surface area (Å²) in [5, 5.41) is 9.04. The normalized spacial score (nSPS) is 20.1. The lowest BCUT2D eigenvalue weighted by Gasteiger charge is -2.16. The topological polar surface area (TPSA) is 66.6 Å². The highest BCUT2D eigenvalue weighted by Gasteiger charge is 2.26. The lowest BCUT2D eigenvalue weighted by molar-refractivity contribution is 0.0786. The van der Waals surface area contributed by atoms with E-state index >= 15 is 0 Å². The smallest absolute Gasteiger partial charge is 0.256 e. The van der Waals surface area contributed by atoms with Gasteiger partial charge in [0.25, 0.3) is 5.91 Å². The first kappa shape index (κ1) is 10.9. The van der Waals surface area contributed by atoms with Gasteiger partial charge >= 0.3 is 0 Å². The Balaban J connectivity index is 2.21. The highest BCUT2D eigenvalue weighted by atomic mass is 19.1. The monoisotopic (exact) mass is 224 g/mol. The molecule has 0 bridgehead atoms. The first-order valence-corrected chi connectivity index (χ1v) is 5.11. The van der Waals surface area contributed by atoms with Crippen LogP contribution in [0.1, 0.15) is 16.8 Å². The van der Waals surface area contributed by atoms with Gasteiger partial charge in [-0.1, -0.05) is 0 Å². The second kappa shape index (κ2) is 4.09. The standard InChI is InChI=1S/C11H13FN2O2/c12-10-5-8(15)1-2-9(10)11(16)14-4-3-7(13)6-14/h1-2,5,7,15H,3-4,6,13H2. The predicted octanol–water partition coefficient (Wildman–Crippen LogP) is 0.704. The maximum atomic E-state index is 13.4. The number of halogens is 1. The van der Waals surface area contributed by atoms with Crippen LogP contribution < -0.4 is 5.73 Å². The fourth-order valence-corrected chi connectivity index (χ4v) is 1.82. The van der Waals surface area contributed by atoms with Gasteiger partial charge in [-0.05, 0) is 18.6 Å². The molecule has 1 aliphatic rings. The van der Waals surface area contributed by atoms with E-state index in [4.69, 9.17) is 10.8 Å². The van der Waals surface area contributed by atoms with E-state index in [2.05, 4.69) is 0 Å². The Labute approximate surface area is 92.5 Å². The fraction of sp³-hybridized carbons (Fsp3) is 0.364. The van der Waals surface area contributed by atoms with Crippen molar-refractivity contribution in [2.45, 2.75) is 12.5 Å². The quantitative estimate of drug-likeness (QED) is 0.738. The molecule has 1 aliphatic heterocycles. The van der Waals surface area contributed by atoms with Crippen LogP contribution in [0.15, 0.2) is 18.2 Å². The average Bonchev–Trinajstić information content (AvgIpc) is 2.64. The first-order chi connectivity index (χ1) is 7.58. The molecule has 1 saturated heterocycles. The zero-order valence-corrected chi connectivity index (χ0v) is 8.69. The summed E-state index contributed by atoms with van der Waals surface area (Å²) in [6.45, 7) is 1.01. The molecule has 3 N–H and O–H groups in total. The van der Waals surface area contributed by atoms with E-state index in [9.17, 15) is 9.18 Å². The van der Waals surface area contributed by atoms with Crippen LogP contribution in [0.2, 0.25) is 0 Å². The van der Waals surface area contributed by atoms with Gasteiger partial charge in [0.15, 0.2) is 0 Å². The summed E-state index contributed by atoms with van der Waals surface area (Å²) >= 11 is 0. The number of nitrogens with two attached hydrogens (primary N) is 1. The van der Waals surface area contributed by atoms with Crippen LogP contribution in [0.4, 0.5) is 4.39 Å². The number of phenolic OH excluding ortho intramolecular Hbond substituents is 1. The van der Waals surface area contributed by atoms with Crippen molar-refractivity contribution in [1.82, 2.24) is 4.90 Å². The molecule has 16 heavy (non-hydrogen) atoms. The minimum absolute atomic E-state index is 0.0214. The molecule has 1 aromatic carbocycles. The summed E-state index contributed by atoms with van der Waals surface area (Å²) in [6.07, 6.45) is 0.742. The van der Waals surface area contributed by atoms with Crippen LogP contribution in [-0.2, 0) is 0 Å². The summed E-state index contributed by atoms with van der Waals surface area (Å²) in [6, 6.07) is 3.50. The number of carbonyl (C=O) groups excluding carboxylic acids is 1. The van der Waals surface area contributed by atoms with Gasteiger partial charge < -0.3 is 15.7 Å². The van der Waals surface area contributed by atoms with Crippen LogP contribution in [0.25, 0.3) is 0 Å². The molecule has 0 aliphatic carbocycles. The van der Waals surface area contributed by atoms with Crippen molar-refractivity contribution >= 4 is 5.91 Å². The van der Waals surface area contributed by atoms with E-state index in [1.54, 1.807) is 0 Å². The third kappa shape index (κ3) is 1.99. The van der Waals surface area contributed by atoms with E-state index in [1.165, 1.54) is 17.0 Å². The zero-order valence-electron chi connectivity index (χ0n) is 8.69. The van der Waals surface area contributed by atoms with Gasteiger partial charge in [-0.25, -0.2) is 4.39 Å². The number of carbonyl (C=O) groups is 1. The third-order valence-corrected chi connectivity index (χ3v) is 2.69. The van der Waals surface area contributed by atoms with E-state index in [-0.39, 0.29) is 23.3 Å². The summed E-state index contributed by atoms with van der Waals surface area (Å²) in [5.74, 6) is -1.26. The van der Waals surface area contributed by atoms with E-state index in [0.717, 1.165) is 12.5 Å². The Bertz CT molecular complexity index is 422. The number of phenols is 1. The molecule has 86 valence electrons. The second-order valence-corrected chi connectivity index (χ2v) is 3.96. The Morgan fingerprint density at radius 2 is 2.31 bits per heavy atom. The molecule has 1 fully saturated rings. The molecular formula is C11H13FN2O2. The molecule has 4 nitrogen and oxygen atoms in total. The second-order valence-electron chi connectivity index (χ2n) is 3.96. The maximum absolute atomic E-state index is 13.4. The van der Waals surface area contributed by atoms with Crippen molar-refractivity contribution in [3.05, 3.63) is 29.6 Å². The van der Waals surface area contributed by atoms with Gasteiger partial charge in [0.2, 0.25) is 0 Å². The molecule has 1 amide bonds. The Morgan fingerprint density at radius 3 is 2.88 bits per heavy atom. The van der Waals surface area contributed by atoms with Gasteiger partial charge in [0, 0.05) is 25.2 Å². The zero-order chi connectivity index (χ0) is 11.7. The molecular weight excluding hydrogens is 211 g/mol. The SMILES string of the molecule is NC1CCN(C(=O)c2ccc(O)cc2F)C1. The summed E-state index contributed by atoms with van der Waals surface area (Å²) in [4.78, 5) is 13.4. The first-order valence-electron chi connectivity index (χ1n) is 5.11. The maximum Gasteiger partial charge on any atom is 0.256 e. The molecule has 1 heterocycles. The van der Waals surface area contributed by atoms with E-state index < -0.39 is 5.82 Å². The molecule has 0 aromatic heterocycles. The summed E-state index contributed by atoms with van der Waals surface area (Å²) < 4.78 is 13.4. The molecule has 2 rings (SSSR count). The van der Waals surface area contributed by atoms with Crippen LogP contribution >= 0.6 is 0 Å². The number of hydrogen-bond donors (Lipinski definition) is 2. The number of likely N-dealkylation sites (tertiary alicyclic amines) is 1. The van der Waals surface area contributed by atoms with Crippen molar-refractivity contribution in [3.63, 3.8) is 0 Å². The van der Waals surface area contributed by atoms with E-state index in [0.29, 0.717) is 13.1 Å². The van der Waals surface area contributed by atoms with Gasteiger partial charge in [-0.2, -0.15) is 0 Å². The molecule has 5 heteroatoms. The Morgan fingerprint density at radius 1 is 1.56 bits per heavy atom. The highest BCUT2D eigenvalue weighted by molar-refractivity contribution is 5.94. The Hall–Kier alpha value is -1.62. The fourth-order valence-electron chi connectivity index (χ4n) is 1.82. The summed E-state index contributed by atoms with van der Waals surface area (Å²) in [7, 11) is 0. The molecule has 1 unspecified atom stereocenters. The van der Waals surface area contributed by atoms with Gasteiger partial charge in [0.1, 0.15) is 11.6 Å². The largest absolute Gasteiger partial charge is 0.508 e. The van der Waals surface area contributed by atoms with E-state index in [1.807, 2.05) is 0 Å².